The van der Waals surface area contributed by atoms with E-state index in [0.717, 1.165) is 11.8 Å². The summed E-state index contributed by atoms with van der Waals surface area (Å²) in [7, 11) is -3.47. The number of sulfonamides is 1. The highest BCUT2D eigenvalue weighted by Crippen LogP contribution is 2.10. The molecule has 2 rings (SSSR count). The van der Waals surface area contributed by atoms with Gasteiger partial charge in [0.1, 0.15) is 0 Å². The van der Waals surface area contributed by atoms with Crippen LogP contribution in [0.15, 0.2) is 35.1 Å². The molecule has 0 spiro atoms. The van der Waals surface area contributed by atoms with E-state index < -0.39 is 10.0 Å². The molecule has 0 fully saturated rings. The van der Waals surface area contributed by atoms with Crippen molar-refractivity contribution in [3.05, 3.63) is 57.5 Å². The Morgan fingerprint density at radius 1 is 1.25 bits per heavy atom. The molecule has 0 aliphatic carbocycles. The van der Waals surface area contributed by atoms with Gasteiger partial charge in [-0.25, -0.2) is 13.4 Å². The molecule has 0 saturated heterocycles. The molecule has 2 aromatic rings. The maximum absolute atomic E-state index is 12.0. The predicted octanol–water partition coefficient (Wildman–Crippen LogP) is 1.04. The third kappa shape index (κ3) is 3.67. The first kappa shape index (κ1) is 14.3. The second-order valence-corrected chi connectivity index (χ2v) is 6.26. The van der Waals surface area contributed by atoms with Gasteiger partial charge in [-0.1, -0.05) is 30.3 Å². The predicted molar refractivity (Wildman–Crippen MR) is 77.3 cm³/mol. The van der Waals surface area contributed by atoms with Gasteiger partial charge in [-0.15, -0.1) is 0 Å². The molecule has 0 atom stereocenters. The van der Waals surface area contributed by atoms with Crippen molar-refractivity contribution in [1.29, 1.82) is 0 Å². The molecule has 1 aromatic heterocycles. The molecule has 0 unspecified atom stereocenters. The molecule has 0 aliphatic heterocycles. The van der Waals surface area contributed by atoms with Crippen LogP contribution in [0.25, 0.3) is 0 Å². The molecule has 1 heterocycles. The highest BCUT2D eigenvalue weighted by atomic mass is 32.2. The molecule has 0 amide bonds. The SMILES string of the molecule is Cc1nc(NS(C)(=O)=O)[nH]c(=O)c1Cc1ccccc1. The fourth-order valence-electron chi connectivity index (χ4n) is 1.84. The normalized spacial score (nSPS) is 11.3. The van der Waals surface area contributed by atoms with Crippen molar-refractivity contribution >= 4 is 16.0 Å². The van der Waals surface area contributed by atoms with Crippen LogP contribution in [0, 0.1) is 6.92 Å². The summed E-state index contributed by atoms with van der Waals surface area (Å²) in [6, 6.07) is 9.53. The van der Waals surface area contributed by atoms with Crippen LogP contribution in [0.2, 0.25) is 0 Å². The number of aromatic nitrogens is 2. The van der Waals surface area contributed by atoms with Gasteiger partial charge in [0.05, 0.1) is 11.9 Å². The summed E-state index contributed by atoms with van der Waals surface area (Å²) in [5, 5.41) is 0. The summed E-state index contributed by atoms with van der Waals surface area (Å²) in [6.45, 7) is 1.68. The van der Waals surface area contributed by atoms with Crippen LogP contribution in [0.3, 0.4) is 0 Å². The average molecular weight is 293 g/mol. The fourth-order valence-corrected chi connectivity index (χ4v) is 2.29. The maximum Gasteiger partial charge on any atom is 0.256 e. The zero-order valence-electron chi connectivity index (χ0n) is 11.2. The van der Waals surface area contributed by atoms with Crippen LogP contribution in [-0.4, -0.2) is 24.6 Å². The van der Waals surface area contributed by atoms with E-state index in [0.29, 0.717) is 17.7 Å². The van der Waals surface area contributed by atoms with Crippen molar-refractivity contribution < 1.29 is 8.42 Å². The van der Waals surface area contributed by atoms with Crippen molar-refractivity contribution in [2.45, 2.75) is 13.3 Å². The van der Waals surface area contributed by atoms with Gasteiger partial charge < -0.3 is 0 Å². The topological polar surface area (TPSA) is 91.9 Å². The molecule has 1 aromatic carbocycles. The minimum Gasteiger partial charge on any atom is -0.292 e. The number of rotatable bonds is 4. The van der Waals surface area contributed by atoms with Gasteiger partial charge in [0.2, 0.25) is 16.0 Å². The third-order valence-corrected chi connectivity index (χ3v) is 3.29. The first-order chi connectivity index (χ1) is 9.35. The minimum absolute atomic E-state index is 0.0631. The lowest BCUT2D eigenvalue weighted by molar-refractivity contribution is 0.606. The monoisotopic (exact) mass is 293 g/mol. The Morgan fingerprint density at radius 2 is 1.90 bits per heavy atom. The quantitative estimate of drug-likeness (QED) is 0.881. The minimum atomic E-state index is -3.47. The molecule has 2 N–H and O–H groups in total. The number of benzene rings is 1. The second-order valence-electron chi connectivity index (χ2n) is 4.52. The molecule has 6 nitrogen and oxygen atoms in total. The van der Waals surface area contributed by atoms with Crippen molar-refractivity contribution in [3.8, 4) is 0 Å². The standard InChI is InChI=1S/C13H15N3O3S/c1-9-11(8-10-6-4-3-5-7-10)12(17)15-13(14-9)16-20(2,18)19/h3-7H,8H2,1-2H3,(H2,14,15,16,17). The second kappa shape index (κ2) is 5.46. The van der Waals surface area contributed by atoms with Gasteiger partial charge in [-0.2, -0.15) is 0 Å². The Kier molecular flexibility index (Phi) is 3.89. The lowest BCUT2D eigenvalue weighted by Gasteiger charge is -2.08. The molecular weight excluding hydrogens is 278 g/mol. The van der Waals surface area contributed by atoms with Gasteiger partial charge in [0.25, 0.3) is 5.56 Å². The van der Waals surface area contributed by atoms with E-state index in [1.165, 1.54) is 0 Å². The summed E-state index contributed by atoms with van der Waals surface area (Å²) >= 11 is 0. The van der Waals surface area contributed by atoms with Gasteiger partial charge in [-0.3, -0.25) is 14.5 Å². The maximum atomic E-state index is 12.0. The van der Waals surface area contributed by atoms with E-state index in [-0.39, 0.29) is 11.5 Å². The Morgan fingerprint density at radius 3 is 2.45 bits per heavy atom. The fraction of sp³-hybridized carbons (Fsp3) is 0.231. The number of aryl methyl sites for hydroxylation is 1. The highest BCUT2D eigenvalue weighted by Gasteiger charge is 2.11. The summed E-state index contributed by atoms with van der Waals surface area (Å²) in [5.74, 6) is -0.0631. The van der Waals surface area contributed by atoms with Crippen molar-refractivity contribution in [2.75, 3.05) is 11.0 Å². The van der Waals surface area contributed by atoms with Crippen molar-refractivity contribution in [3.63, 3.8) is 0 Å². The first-order valence-corrected chi connectivity index (χ1v) is 7.86. The van der Waals surface area contributed by atoms with E-state index >= 15 is 0 Å². The highest BCUT2D eigenvalue weighted by molar-refractivity contribution is 7.91. The van der Waals surface area contributed by atoms with Crippen molar-refractivity contribution in [1.82, 2.24) is 9.97 Å². The molecule has 0 aliphatic rings. The number of nitrogens with zero attached hydrogens (tertiary/aromatic N) is 1. The lowest BCUT2D eigenvalue weighted by atomic mass is 10.1. The third-order valence-electron chi connectivity index (χ3n) is 2.73. The van der Waals surface area contributed by atoms with Gasteiger partial charge in [0, 0.05) is 12.0 Å². The van der Waals surface area contributed by atoms with Crippen LogP contribution in [0.5, 0.6) is 0 Å². The van der Waals surface area contributed by atoms with E-state index in [1.54, 1.807) is 6.92 Å². The number of aromatic amines is 1. The van der Waals surface area contributed by atoms with Crippen LogP contribution < -0.4 is 10.3 Å². The van der Waals surface area contributed by atoms with E-state index in [4.69, 9.17) is 0 Å². The first-order valence-electron chi connectivity index (χ1n) is 5.96. The lowest BCUT2D eigenvalue weighted by Crippen LogP contribution is -2.21. The Balaban J connectivity index is 2.35. The smallest absolute Gasteiger partial charge is 0.256 e. The summed E-state index contributed by atoms with van der Waals surface area (Å²) < 4.78 is 24.4. The number of H-pyrrole nitrogens is 1. The molecule has 0 saturated carbocycles. The van der Waals surface area contributed by atoms with Gasteiger partial charge >= 0.3 is 0 Å². The molecule has 7 heteroatoms. The van der Waals surface area contributed by atoms with Crippen LogP contribution in [0.4, 0.5) is 5.95 Å². The van der Waals surface area contributed by atoms with Crippen molar-refractivity contribution in [2.24, 2.45) is 0 Å². The zero-order chi connectivity index (χ0) is 14.8. The van der Waals surface area contributed by atoms with E-state index in [1.807, 2.05) is 30.3 Å². The number of anilines is 1. The molecule has 0 radical (unpaired) electrons. The summed E-state index contributed by atoms with van der Waals surface area (Å²) in [5.41, 5.74) is 1.68. The van der Waals surface area contributed by atoms with E-state index in [9.17, 15) is 13.2 Å². The molecular formula is C13H15N3O3S. The molecule has 20 heavy (non-hydrogen) atoms. The van der Waals surface area contributed by atoms with Gasteiger partial charge in [-0.05, 0) is 12.5 Å². The average Bonchev–Trinajstić information content (AvgIpc) is 2.33. The molecule has 106 valence electrons. The summed E-state index contributed by atoms with van der Waals surface area (Å²) in [4.78, 5) is 18.5. The number of nitrogens with one attached hydrogen (secondary N) is 2. The van der Waals surface area contributed by atoms with Gasteiger partial charge in [0.15, 0.2) is 0 Å². The van der Waals surface area contributed by atoms with Crippen LogP contribution >= 0.6 is 0 Å². The number of hydrogen-bond acceptors (Lipinski definition) is 4. The largest absolute Gasteiger partial charge is 0.292 e. The van der Waals surface area contributed by atoms with Crippen LogP contribution in [-0.2, 0) is 16.4 Å². The summed E-state index contributed by atoms with van der Waals surface area (Å²) in [6.07, 6.45) is 1.45. The van der Waals surface area contributed by atoms with Crippen LogP contribution in [0.1, 0.15) is 16.8 Å². The Labute approximate surface area is 116 Å². The van der Waals surface area contributed by atoms with E-state index in [2.05, 4.69) is 14.7 Å². The Hall–Kier alpha value is -2.15. The molecule has 0 bridgehead atoms. The number of hydrogen-bond donors (Lipinski definition) is 2. The zero-order valence-corrected chi connectivity index (χ0v) is 12.0. The Bertz CT molecular complexity index is 767.